The molecule has 1 N–H and O–H groups in total. The molecule has 0 spiro atoms. The average Bonchev–Trinajstić information content (AvgIpc) is 2.77. The van der Waals surface area contributed by atoms with Gasteiger partial charge in [0.2, 0.25) is 5.91 Å². The summed E-state index contributed by atoms with van der Waals surface area (Å²) in [6.07, 6.45) is 1.73. The van der Waals surface area contributed by atoms with E-state index in [-0.39, 0.29) is 11.8 Å². The van der Waals surface area contributed by atoms with E-state index in [0.717, 1.165) is 23.5 Å². The van der Waals surface area contributed by atoms with Crippen molar-refractivity contribution in [3.05, 3.63) is 17.0 Å². The van der Waals surface area contributed by atoms with Crippen LogP contribution >= 0.6 is 0 Å². The molecule has 1 fully saturated rings. The number of aromatic nitrogens is 2. The Kier molecular flexibility index (Phi) is 6.25. The zero-order valence-electron chi connectivity index (χ0n) is 16.1. The maximum atomic E-state index is 12.6. The fourth-order valence-corrected chi connectivity index (χ4v) is 3.74. The van der Waals surface area contributed by atoms with E-state index >= 15 is 0 Å². The summed E-state index contributed by atoms with van der Waals surface area (Å²) in [6, 6.07) is 0. The number of hydrogen-bond acceptors (Lipinski definition) is 3. The summed E-state index contributed by atoms with van der Waals surface area (Å²) >= 11 is 0. The molecule has 1 amide bonds. The van der Waals surface area contributed by atoms with Crippen molar-refractivity contribution in [2.75, 3.05) is 13.1 Å². The van der Waals surface area contributed by atoms with Crippen LogP contribution in [0.3, 0.4) is 0 Å². The number of carboxylic acid groups (broad SMARTS) is 1. The van der Waals surface area contributed by atoms with Crippen LogP contribution in [0.15, 0.2) is 0 Å². The second-order valence-corrected chi connectivity index (χ2v) is 7.90. The number of amides is 1. The maximum Gasteiger partial charge on any atom is 0.308 e. The number of aryl methyl sites for hydroxylation is 1. The Balaban J connectivity index is 2.00. The number of likely N-dealkylation sites (tertiary alicyclic amines) is 1. The molecular formula is C19H31N3O3. The van der Waals surface area contributed by atoms with Gasteiger partial charge in [-0.2, -0.15) is 5.10 Å². The first kappa shape index (κ1) is 19.5. The summed E-state index contributed by atoms with van der Waals surface area (Å²) in [5.41, 5.74) is 3.27. The molecule has 1 aromatic heterocycles. The van der Waals surface area contributed by atoms with Crippen molar-refractivity contribution in [3.63, 3.8) is 0 Å². The van der Waals surface area contributed by atoms with Gasteiger partial charge < -0.3 is 10.0 Å². The van der Waals surface area contributed by atoms with Crippen molar-refractivity contribution >= 4 is 11.9 Å². The lowest BCUT2D eigenvalue weighted by molar-refractivity contribution is -0.146. The zero-order valence-corrected chi connectivity index (χ0v) is 16.1. The molecule has 2 rings (SSSR count). The lowest BCUT2D eigenvalue weighted by Crippen LogP contribution is -2.45. The lowest BCUT2D eigenvalue weighted by atomic mass is 9.90. The van der Waals surface area contributed by atoms with E-state index in [0.29, 0.717) is 38.3 Å². The van der Waals surface area contributed by atoms with E-state index in [9.17, 15) is 14.7 Å². The molecule has 1 aliphatic heterocycles. The number of carbonyl (C=O) groups is 2. The number of rotatable bonds is 6. The Morgan fingerprint density at radius 3 is 2.56 bits per heavy atom. The van der Waals surface area contributed by atoms with Crippen LogP contribution in [0.4, 0.5) is 0 Å². The fraction of sp³-hybridized carbons (Fsp3) is 0.737. The Hall–Kier alpha value is -1.85. The van der Waals surface area contributed by atoms with Crippen LogP contribution in [0.5, 0.6) is 0 Å². The number of nitrogens with zero attached hydrogens (tertiary/aromatic N) is 3. The fourth-order valence-electron chi connectivity index (χ4n) is 3.74. The van der Waals surface area contributed by atoms with E-state index < -0.39 is 11.9 Å². The topological polar surface area (TPSA) is 75.4 Å². The Morgan fingerprint density at radius 1 is 1.28 bits per heavy atom. The third-order valence-electron chi connectivity index (χ3n) is 5.02. The van der Waals surface area contributed by atoms with E-state index in [1.807, 2.05) is 18.5 Å². The van der Waals surface area contributed by atoms with Crippen molar-refractivity contribution in [1.29, 1.82) is 0 Å². The number of aliphatic carboxylic acids is 1. The van der Waals surface area contributed by atoms with Crippen molar-refractivity contribution in [3.8, 4) is 0 Å². The number of carboxylic acids is 1. The molecule has 2 unspecified atom stereocenters. The van der Waals surface area contributed by atoms with Gasteiger partial charge in [-0.1, -0.05) is 20.8 Å². The molecule has 2 heterocycles. The first-order valence-corrected chi connectivity index (χ1v) is 9.22. The molecule has 0 bridgehead atoms. The molecule has 6 nitrogen and oxygen atoms in total. The molecule has 0 saturated carbocycles. The standard InChI is InChI=1S/C19H31N3O3/c1-12(2)9-22-15(5)17(14(4)20-22)6-7-18(23)21-10-13(3)8-16(11-21)19(24)25/h12-13,16H,6-11H2,1-5H3,(H,24,25). The highest BCUT2D eigenvalue weighted by Gasteiger charge is 2.31. The van der Waals surface area contributed by atoms with Crippen LogP contribution in [0.25, 0.3) is 0 Å². The minimum atomic E-state index is -0.800. The second-order valence-electron chi connectivity index (χ2n) is 7.90. The number of carbonyl (C=O) groups excluding carboxylic acids is 1. The highest BCUT2D eigenvalue weighted by Crippen LogP contribution is 2.23. The first-order chi connectivity index (χ1) is 11.7. The largest absolute Gasteiger partial charge is 0.481 e. The van der Waals surface area contributed by atoms with Crippen LogP contribution in [0, 0.1) is 31.6 Å². The van der Waals surface area contributed by atoms with Gasteiger partial charge in [-0.25, -0.2) is 0 Å². The summed E-state index contributed by atoms with van der Waals surface area (Å²) in [6.45, 7) is 12.3. The van der Waals surface area contributed by atoms with Crippen molar-refractivity contribution in [2.24, 2.45) is 17.8 Å². The van der Waals surface area contributed by atoms with Gasteiger partial charge in [-0.05, 0) is 44.1 Å². The monoisotopic (exact) mass is 349 g/mol. The van der Waals surface area contributed by atoms with Gasteiger partial charge in [-0.3, -0.25) is 14.3 Å². The first-order valence-electron chi connectivity index (χ1n) is 9.22. The van der Waals surface area contributed by atoms with Crippen molar-refractivity contribution in [1.82, 2.24) is 14.7 Å². The Labute approximate surface area is 150 Å². The normalized spacial score (nSPS) is 21.0. The van der Waals surface area contributed by atoms with Crippen molar-refractivity contribution < 1.29 is 14.7 Å². The summed E-state index contributed by atoms with van der Waals surface area (Å²) < 4.78 is 2.03. The Morgan fingerprint density at radius 2 is 1.96 bits per heavy atom. The van der Waals surface area contributed by atoms with Gasteiger partial charge in [0.15, 0.2) is 0 Å². The molecule has 25 heavy (non-hydrogen) atoms. The molecule has 0 radical (unpaired) electrons. The van der Waals surface area contributed by atoms with E-state index in [4.69, 9.17) is 0 Å². The van der Waals surface area contributed by atoms with E-state index in [1.54, 1.807) is 4.90 Å². The number of hydrogen-bond donors (Lipinski definition) is 1. The molecule has 140 valence electrons. The van der Waals surface area contributed by atoms with Gasteiger partial charge >= 0.3 is 5.97 Å². The summed E-state index contributed by atoms with van der Waals surface area (Å²) in [4.78, 5) is 25.6. The summed E-state index contributed by atoms with van der Waals surface area (Å²) in [5.74, 6) is -0.435. The van der Waals surface area contributed by atoms with E-state index in [2.05, 4.69) is 25.9 Å². The van der Waals surface area contributed by atoms with Gasteiger partial charge in [0.1, 0.15) is 0 Å². The smallest absolute Gasteiger partial charge is 0.308 e. The molecule has 0 aromatic carbocycles. The quantitative estimate of drug-likeness (QED) is 0.857. The molecule has 6 heteroatoms. The van der Waals surface area contributed by atoms with Gasteiger partial charge in [0.25, 0.3) is 0 Å². The third kappa shape index (κ3) is 4.83. The zero-order chi connectivity index (χ0) is 18.7. The van der Waals surface area contributed by atoms with E-state index in [1.165, 1.54) is 0 Å². The van der Waals surface area contributed by atoms with Crippen LogP contribution < -0.4 is 0 Å². The third-order valence-corrected chi connectivity index (χ3v) is 5.02. The van der Waals surface area contributed by atoms with Crippen LogP contribution in [-0.2, 0) is 22.6 Å². The summed E-state index contributed by atoms with van der Waals surface area (Å²) in [7, 11) is 0. The molecule has 0 aliphatic carbocycles. The highest BCUT2D eigenvalue weighted by molar-refractivity contribution is 5.78. The predicted molar refractivity (Wildman–Crippen MR) is 96.3 cm³/mol. The molecule has 1 saturated heterocycles. The van der Waals surface area contributed by atoms with Crippen LogP contribution in [-0.4, -0.2) is 44.8 Å². The minimum Gasteiger partial charge on any atom is -0.481 e. The summed E-state index contributed by atoms with van der Waals surface area (Å²) in [5, 5.41) is 13.9. The van der Waals surface area contributed by atoms with Crippen molar-refractivity contribution in [2.45, 2.75) is 60.4 Å². The SMILES string of the molecule is Cc1nn(CC(C)C)c(C)c1CCC(=O)N1CC(C)CC(C(=O)O)C1. The van der Waals surface area contributed by atoms with Gasteiger partial charge in [-0.15, -0.1) is 0 Å². The average molecular weight is 349 g/mol. The molecule has 1 aromatic rings. The van der Waals surface area contributed by atoms with Gasteiger partial charge in [0, 0.05) is 31.7 Å². The minimum absolute atomic E-state index is 0.0493. The molecule has 1 aliphatic rings. The highest BCUT2D eigenvalue weighted by atomic mass is 16.4. The number of piperidine rings is 1. The molecule has 2 atom stereocenters. The Bertz CT molecular complexity index is 636. The van der Waals surface area contributed by atoms with Crippen LogP contribution in [0.2, 0.25) is 0 Å². The maximum absolute atomic E-state index is 12.6. The predicted octanol–water partition coefficient (Wildman–Crippen LogP) is 2.66. The second kappa shape index (κ2) is 8.02. The van der Waals surface area contributed by atoms with Gasteiger partial charge in [0.05, 0.1) is 11.6 Å². The van der Waals surface area contributed by atoms with Crippen LogP contribution in [0.1, 0.15) is 50.6 Å². The molecular weight excluding hydrogens is 318 g/mol. The lowest BCUT2D eigenvalue weighted by Gasteiger charge is -2.34.